The van der Waals surface area contributed by atoms with Crippen LogP contribution in [0, 0.1) is 0 Å². The number of para-hydroxylation sites is 1. The summed E-state index contributed by atoms with van der Waals surface area (Å²) < 4.78 is 5.08. The molecule has 0 radical (unpaired) electrons. The van der Waals surface area contributed by atoms with Gasteiger partial charge in [-0.2, -0.15) is 0 Å². The summed E-state index contributed by atoms with van der Waals surface area (Å²) >= 11 is 0. The molecular formula is C15H20N2O. The monoisotopic (exact) mass is 244 g/mol. The smallest absolute Gasteiger partial charge is 0.116 e. The number of allylic oxidation sites excluding steroid dienone is 3. The Morgan fingerprint density at radius 2 is 2.17 bits per heavy atom. The normalized spacial score (nSPS) is 22.1. The molecule has 18 heavy (non-hydrogen) atoms. The van der Waals surface area contributed by atoms with E-state index < -0.39 is 0 Å². The molecule has 0 heterocycles. The average Bonchev–Trinajstić information content (AvgIpc) is 2.46. The van der Waals surface area contributed by atoms with Crippen molar-refractivity contribution in [1.29, 1.82) is 0 Å². The van der Waals surface area contributed by atoms with Crippen LogP contribution in [0.4, 0.5) is 5.69 Å². The number of benzene rings is 1. The Morgan fingerprint density at radius 3 is 2.83 bits per heavy atom. The third kappa shape index (κ3) is 2.47. The van der Waals surface area contributed by atoms with E-state index >= 15 is 0 Å². The Balaban J connectivity index is 2.36. The molecule has 1 aromatic carbocycles. The van der Waals surface area contributed by atoms with Crippen LogP contribution in [-0.2, 0) is 10.2 Å². The SMILES string of the molecule is COCNc1ccccc1C1(CN)C=CC=CC1. The van der Waals surface area contributed by atoms with Crippen LogP contribution in [0.5, 0.6) is 0 Å². The average molecular weight is 244 g/mol. The third-order valence-corrected chi connectivity index (χ3v) is 3.38. The summed E-state index contributed by atoms with van der Waals surface area (Å²) in [7, 11) is 1.68. The van der Waals surface area contributed by atoms with E-state index in [9.17, 15) is 0 Å². The molecule has 1 aliphatic carbocycles. The molecule has 0 aliphatic heterocycles. The summed E-state index contributed by atoms with van der Waals surface area (Å²) in [6.45, 7) is 1.09. The van der Waals surface area contributed by atoms with Gasteiger partial charge in [-0.3, -0.25) is 0 Å². The van der Waals surface area contributed by atoms with Crippen LogP contribution in [0.3, 0.4) is 0 Å². The van der Waals surface area contributed by atoms with Crippen LogP contribution < -0.4 is 11.1 Å². The number of hydrogen-bond donors (Lipinski definition) is 2. The largest absolute Gasteiger partial charge is 0.365 e. The van der Waals surface area contributed by atoms with E-state index in [4.69, 9.17) is 10.5 Å². The lowest BCUT2D eigenvalue weighted by atomic mass is 9.75. The molecule has 0 saturated heterocycles. The summed E-state index contributed by atoms with van der Waals surface area (Å²) in [6.07, 6.45) is 9.44. The quantitative estimate of drug-likeness (QED) is 0.782. The van der Waals surface area contributed by atoms with Crippen molar-refractivity contribution < 1.29 is 4.74 Å². The molecule has 1 atom stereocenters. The van der Waals surface area contributed by atoms with Gasteiger partial charge in [0.2, 0.25) is 0 Å². The highest BCUT2D eigenvalue weighted by Crippen LogP contribution is 2.36. The maximum atomic E-state index is 6.02. The first kappa shape index (κ1) is 12.9. The van der Waals surface area contributed by atoms with Crippen LogP contribution in [0.25, 0.3) is 0 Å². The lowest BCUT2D eigenvalue weighted by molar-refractivity contribution is 0.221. The van der Waals surface area contributed by atoms with Crippen molar-refractivity contribution in [2.75, 3.05) is 25.7 Å². The number of nitrogens with two attached hydrogens (primary N) is 1. The second kappa shape index (κ2) is 5.85. The van der Waals surface area contributed by atoms with Gasteiger partial charge in [0.25, 0.3) is 0 Å². The molecule has 0 bridgehead atoms. The number of anilines is 1. The molecule has 1 unspecified atom stereocenters. The Hall–Kier alpha value is -1.58. The van der Waals surface area contributed by atoms with Crippen LogP contribution in [0.1, 0.15) is 12.0 Å². The van der Waals surface area contributed by atoms with Gasteiger partial charge in [-0.25, -0.2) is 0 Å². The highest BCUT2D eigenvalue weighted by atomic mass is 16.5. The molecule has 0 spiro atoms. The zero-order valence-electron chi connectivity index (χ0n) is 10.7. The maximum absolute atomic E-state index is 6.02. The summed E-state index contributed by atoms with van der Waals surface area (Å²) in [5.41, 5.74) is 8.23. The second-order valence-corrected chi connectivity index (χ2v) is 4.51. The van der Waals surface area contributed by atoms with Gasteiger partial charge in [-0.15, -0.1) is 0 Å². The molecule has 0 fully saturated rings. The molecule has 96 valence electrons. The molecule has 0 aromatic heterocycles. The predicted octanol–water partition coefficient (Wildman–Crippen LogP) is 2.42. The van der Waals surface area contributed by atoms with Gasteiger partial charge in [0.1, 0.15) is 6.73 Å². The molecule has 3 N–H and O–H groups in total. The van der Waals surface area contributed by atoms with Crippen molar-refractivity contribution in [2.24, 2.45) is 5.73 Å². The van der Waals surface area contributed by atoms with Gasteiger partial charge in [0, 0.05) is 24.8 Å². The van der Waals surface area contributed by atoms with E-state index in [0.717, 1.165) is 12.1 Å². The summed E-state index contributed by atoms with van der Waals surface area (Å²) in [6, 6.07) is 8.28. The van der Waals surface area contributed by atoms with Crippen molar-refractivity contribution in [2.45, 2.75) is 11.8 Å². The first-order chi connectivity index (χ1) is 8.82. The van der Waals surface area contributed by atoms with Crippen molar-refractivity contribution >= 4 is 5.69 Å². The van der Waals surface area contributed by atoms with E-state index in [0.29, 0.717) is 13.3 Å². The van der Waals surface area contributed by atoms with Crippen molar-refractivity contribution in [3.63, 3.8) is 0 Å². The van der Waals surface area contributed by atoms with Crippen molar-refractivity contribution in [3.8, 4) is 0 Å². The fraction of sp³-hybridized carbons (Fsp3) is 0.333. The highest BCUT2D eigenvalue weighted by Gasteiger charge is 2.29. The Bertz CT molecular complexity index is 454. The maximum Gasteiger partial charge on any atom is 0.116 e. The zero-order chi connectivity index (χ0) is 12.8. The lowest BCUT2D eigenvalue weighted by Crippen LogP contribution is -2.34. The number of hydrogen-bond acceptors (Lipinski definition) is 3. The molecule has 1 aliphatic rings. The highest BCUT2D eigenvalue weighted by molar-refractivity contribution is 5.57. The predicted molar refractivity (Wildman–Crippen MR) is 75.6 cm³/mol. The molecule has 0 amide bonds. The minimum atomic E-state index is -0.105. The number of nitrogens with one attached hydrogen (secondary N) is 1. The topological polar surface area (TPSA) is 47.3 Å². The van der Waals surface area contributed by atoms with Gasteiger partial charge in [-0.1, -0.05) is 42.5 Å². The first-order valence-electron chi connectivity index (χ1n) is 6.19. The Morgan fingerprint density at radius 1 is 1.33 bits per heavy atom. The minimum absolute atomic E-state index is 0.105. The van der Waals surface area contributed by atoms with Gasteiger partial charge >= 0.3 is 0 Å². The van der Waals surface area contributed by atoms with E-state index in [1.165, 1.54) is 5.56 Å². The Labute approximate surface area is 108 Å². The van der Waals surface area contributed by atoms with Gasteiger partial charge in [0.05, 0.1) is 0 Å². The van der Waals surface area contributed by atoms with E-state index in [1.807, 2.05) is 6.07 Å². The van der Waals surface area contributed by atoms with Crippen molar-refractivity contribution in [3.05, 3.63) is 54.1 Å². The van der Waals surface area contributed by atoms with E-state index in [1.54, 1.807) is 7.11 Å². The summed E-state index contributed by atoms with van der Waals surface area (Å²) in [4.78, 5) is 0. The third-order valence-electron chi connectivity index (χ3n) is 3.38. The standard InChI is InChI=1S/C15H20N2O/c1-18-12-17-14-8-4-3-7-13(14)15(11-16)9-5-2-6-10-15/h2-9,17H,10-12,16H2,1H3. The molecule has 3 nitrogen and oxygen atoms in total. The second-order valence-electron chi connectivity index (χ2n) is 4.51. The summed E-state index contributed by atoms with van der Waals surface area (Å²) in [5.74, 6) is 0. The van der Waals surface area contributed by atoms with Crippen LogP contribution >= 0.6 is 0 Å². The first-order valence-corrected chi connectivity index (χ1v) is 6.19. The fourth-order valence-electron chi connectivity index (χ4n) is 2.35. The lowest BCUT2D eigenvalue weighted by Gasteiger charge is -2.32. The van der Waals surface area contributed by atoms with Gasteiger partial charge in [0.15, 0.2) is 0 Å². The number of rotatable bonds is 5. The van der Waals surface area contributed by atoms with Crippen molar-refractivity contribution in [1.82, 2.24) is 0 Å². The molecule has 0 saturated carbocycles. The van der Waals surface area contributed by atoms with E-state index in [-0.39, 0.29) is 5.41 Å². The van der Waals surface area contributed by atoms with Gasteiger partial charge < -0.3 is 15.8 Å². The van der Waals surface area contributed by atoms with Crippen LogP contribution in [0.15, 0.2) is 48.6 Å². The molecule has 1 aromatic rings. The van der Waals surface area contributed by atoms with Gasteiger partial charge in [-0.05, 0) is 18.1 Å². The molecular weight excluding hydrogens is 224 g/mol. The fourth-order valence-corrected chi connectivity index (χ4v) is 2.35. The zero-order valence-corrected chi connectivity index (χ0v) is 10.7. The van der Waals surface area contributed by atoms with Crippen LogP contribution in [0.2, 0.25) is 0 Å². The van der Waals surface area contributed by atoms with E-state index in [2.05, 4.69) is 47.8 Å². The summed E-state index contributed by atoms with van der Waals surface area (Å²) in [5, 5.41) is 3.28. The molecule has 3 heteroatoms. The number of methoxy groups -OCH3 is 1. The Kier molecular flexibility index (Phi) is 4.18. The molecule has 2 rings (SSSR count). The van der Waals surface area contributed by atoms with Crippen LogP contribution in [-0.4, -0.2) is 20.4 Å². The minimum Gasteiger partial charge on any atom is -0.365 e. The number of ether oxygens (including phenoxy) is 1.